The van der Waals surface area contributed by atoms with Gasteiger partial charge in [-0.1, -0.05) is 12.5 Å². The molecule has 104 valence electrons. The monoisotopic (exact) mass is 270 g/mol. The Hall–Kier alpha value is -1.23. The molecule has 0 aromatic heterocycles. The van der Waals surface area contributed by atoms with Gasteiger partial charge in [0.15, 0.2) is 0 Å². The van der Waals surface area contributed by atoms with Gasteiger partial charge >= 0.3 is 6.18 Å². The molecule has 0 bridgehead atoms. The van der Waals surface area contributed by atoms with Crippen molar-refractivity contribution in [3.8, 4) is 0 Å². The highest BCUT2D eigenvalue weighted by atomic mass is 19.4. The SMILES string of the molecule is NCc1ccc(N2CC3(CCC3)C2)c(C(F)(F)F)c1. The van der Waals surface area contributed by atoms with Crippen LogP contribution in [0.25, 0.3) is 0 Å². The molecule has 0 amide bonds. The number of hydrogen-bond donors (Lipinski definition) is 1. The Morgan fingerprint density at radius 1 is 1.21 bits per heavy atom. The summed E-state index contributed by atoms with van der Waals surface area (Å²) in [6.07, 6.45) is -0.785. The summed E-state index contributed by atoms with van der Waals surface area (Å²) >= 11 is 0. The molecule has 1 aromatic rings. The maximum Gasteiger partial charge on any atom is 0.418 e. The topological polar surface area (TPSA) is 29.3 Å². The first kappa shape index (κ1) is 12.8. The van der Waals surface area contributed by atoms with E-state index in [1.165, 1.54) is 12.5 Å². The summed E-state index contributed by atoms with van der Waals surface area (Å²) in [6, 6.07) is 4.44. The number of hydrogen-bond acceptors (Lipinski definition) is 2. The van der Waals surface area contributed by atoms with Gasteiger partial charge in [0.1, 0.15) is 0 Å². The summed E-state index contributed by atoms with van der Waals surface area (Å²) in [5.41, 5.74) is 6.02. The van der Waals surface area contributed by atoms with Crippen LogP contribution in [0.2, 0.25) is 0 Å². The zero-order valence-electron chi connectivity index (χ0n) is 10.6. The second-order valence-corrected chi connectivity index (χ2v) is 5.76. The second kappa shape index (κ2) is 4.13. The highest BCUT2D eigenvalue weighted by molar-refractivity contribution is 5.59. The molecular weight excluding hydrogens is 253 g/mol. The minimum atomic E-state index is -4.32. The molecule has 0 radical (unpaired) electrons. The number of alkyl halides is 3. The molecule has 0 atom stereocenters. The fourth-order valence-electron chi connectivity index (χ4n) is 3.14. The van der Waals surface area contributed by atoms with Crippen molar-refractivity contribution in [3.05, 3.63) is 29.3 Å². The maximum absolute atomic E-state index is 13.1. The number of nitrogens with two attached hydrogens (primary N) is 1. The lowest BCUT2D eigenvalue weighted by Crippen LogP contribution is -2.60. The summed E-state index contributed by atoms with van der Waals surface area (Å²) in [6.45, 7) is 1.66. The van der Waals surface area contributed by atoms with E-state index in [-0.39, 0.29) is 6.54 Å². The molecule has 1 aromatic carbocycles. The molecule has 19 heavy (non-hydrogen) atoms. The molecular formula is C14H17F3N2. The zero-order chi connectivity index (χ0) is 13.7. The third kappa shape index (κ3) is 2.10. The molecule has 0 unspecified atom stereocenters. The van der Waals surface area contributed by atoms with Crippen LogP contribution >= 0.6 is 0 Å². The lowest BCUT2D eigenvalue weighted by molar-refractivity contribution is -0.137. The van der Waals surface area contributed by atoms with Crippen LogP contribution in [0.4, 0.5) is 18.9 Å². The van der Waals surface area contributed by atoms with Gasteiger partial charge in [0, 0.05) is 30.7 Å². The minimum Gasteiger partial charge on any atom is -0.370 e. The Kier molecular flexibility index (Phi) is 2.78. The second-order valence-electron chi connectivity index (χ2n) is 5.76. The Morgan fingerprint density at radius 2 is 1.89 bits per heavy atom. The predicted molar refractivity (Wildman–Crippen MR) is 67.8 cm³/mol. The third-order valence-electron chi connectivity index (χ3n) is 4.41. The molecule has 1 saturated carbocycles. The van der Waals surface area contributed by atoms with Crippen LogP contribution in [0, 0.1) is 5.41 Å². The van der Waals surface area contributed by atoms with E-state index in [1.54, 1.807) is 12.1 Å². The highest BCUT2D eigenvalue weighted by Gasteiger charge is 2.49. The summed E-state index contributed by atoms with van der Waals surface area (Å²) in [4.78, 5) is 1.85. The minimum absolute atomic E-state index is 0.132. The van der Waals surface area contributed by atoms with Crippen LogP contribution in [-0.4, -0.2) is 13.1 Å². The Labute approximate surface area is 110 Å². The lowest BCUT2D eigenvalue weighted by atomic mass is 9.63. The van der Waals surface area contributed by atoms with Crippen molar-refractivity contribution in [3.63, 3.8) is 0 Å². The van der Waals surface area contributed by atoms with E-state index >= 15 is 0 Å². The molecule has 3 rings (SSSR count). The smallest absolute Gasteiger partial charge is 0.370 e. The maximum atomic E-state index is 13.1. The van der Waals surface area contributed by atoms with Crippen LogP contribution in [0.5, 0.6) is 0 Å². The molecule has 5 heteroatoms. The molecule has 2 N–H and O–H groups in total. The largest absolute Gasteiger partial charge is 0.418 e. The fraction of sp³-hybridized carbons (Fsp3) is 0.571. The third-order valence-corrected chi connectivity index (χ3v) is 4.41. The van der Waals surface area contributed by atoms with Crippen LogP contribution in [0.1, 0.15) is 30.4 Å². The first-order valence-corrected chi connectivity index (χ1v) is 6.59. The summed E-state index contributed by atoms with van der Waals surface area (Å²) in [7, 11) is 0. The van der Waals surface area contributed by atoms with Crippen LogP contribution in [0.3, 0.4) is 0 Å². The van der Waals surface area contributed by atoms with Gasteiger partial charge in [0.05, 0.1) is 5.56 Å². The number of benzene rings is 1. The highest BCUT2D eigenvalue weighted by Crippen LogP contribution is 2.51. The number of halogens is 3. The molecule has 1 aliphatic heterocycles. The molecule has 1 spiro atoms. The average Bonchev–Trinajstić information content (AvgIpc) is 2.24. The predicted octanol–water partition coefficient (Wildman–Crippen LogP) is 3.15. The van der Waals surface area contributed by atoms with Gasteiger partial charge in [-0.3, -0.25) is 0 Å². The van der Waals surface area contributed by atoms with E-state index in [2.05, 4.69) is 0 Å². The summed E-state index contributed by atoms with van der Waals surface area (Å²) in [5, 5.41) is 0. The van der Waals surface area contributed by atoms with Crippen molar-refractivity contribution in [1.29, 1.82) is 0 Å². The van der Waals surface area contributed by atoms with Gasteiger partial charge in [-0.15, -0.1) is 0 Å². The first-order valence-electron chi connectivity index (χ1n) is 6.59. The van der Waals surface area contributed by atoms with Crippen molar-refractivity contribution in [2.75, 3.05) is 18.0 Å². The van der Waals surface area contributed by atoms with Crippen LogP contribution in [0.15, 0.2) is 18.2 Å². The number of nitrogens with zero attached hydrogens (tertiary/aromatic N) is 1. The molecule has 2 aliphatic rings. The van der Waals surface area contributed by atoms with Crippen molar-refractivity contribution < 1.29 is 13.2 Å². The van der Waals surface area contributed by atoms with Gasteiger partial charge in [0.25, 0.3) is 0 Å². The van der Waals surface area contributed by atoms with E-state index in [9.17, 15) is 13.2 Å². The van der Waals surface area contributed by atoms with Crippen molar-refractivity contribution in [2.45, 2.75) is 32.0 Å². The Balaban J connectivity index is 1.88. The zero-order valence-corrected chi connectivity index (χ0v) is 10.6. The van der Waals surface area contributed by atoms with E-state index in [4.69, 9.17) is 5.73 Å². The van der Waals surface area contributed by atoms with Gasteiger partial charge in [-0.05, 0) is 30.5 Å². The van der Waals surface area contributed by atoms with E-state index in [0.717, 1.165) is 25.9 Å². The van der Waals surface area contributed by atoms with E-state index in [0.29, 0.717) is 16.7 Å². The van der Waals surface area contributed by atoms with E-state index in [1.807, 2.05) is 4.90 Å². The quantitative estimate of drug-likeness (QED) is 0.894. The van der Waals surface area contributed by atoms with Gasteiger partial charge in [0.2, 0.25) is 0 Å². The summed E-state index contributed by atoms with van der Waals surface area (Å²) < 4.78 is 39.3. The standard InChI is InChI=1S/C14H17F3N2/c15-14(16,17)11-6-10(7-18)2-3-12(11)19-8-13(9-19)4-1-5-13/h2-3,6H,1,4-5,7-9,18H2. The van der Waals surface area contributed by atoms with E-state index < -0.39 is 11.7 Å². The number of anilines is 1. The average molecular weight is 270 g/mol. The van der Waals surface area contributed by atoms with Gasteiger partial charge in [-0.25, -0.2) is 0 Å². The molecule has 2 nitrogen and oxygen atoms in total. The summed E-state index contributed by atoms with van der Waals surface area (Å²) in [5.74, 6) is 0. The molecule has 1 aliphatic carbocycles. The molecule has 1 heterocycles. The van der Waals surface area contributed by atoms with Crippen molar-refractivity contribution in [2.24, 2.45) is 11.1 Å². The fourth-order valence-corrected chi connectivity index (χ4v) is 3.14. The van der Waals surface area contributed by atoms with Crippen LogP contribution in [-0.2, 0) is 12.7 Å². The number of rotatable bonds is 2. The molecule has 1 saturated heterocycles. The van der Waals surface area contributed by atoms with Gasteiger partial charge in [-0.2, -0.15) is 13.2 Å². The Bertz CT molecular complexity index is 484. The van der Waals surface area contributed by atoms with Gasteiger partial charge < -0.3 is 10.6 Å². The normalized spacial score (nSPS) is 21.2. The lowest BCUT2D eigenvalue weighted by Gasteiger charge is -2.57. The van der Waals surface area contributed by atoms with Crippen molar-refractivity contribution >= 4 is 5.69 Å². The molecule has 2 fully saturated rings. The Morgan fingerprint density at radius 3 is 2.37 bits per heavy atom. The first-order chi connectivity index (χ1) is 8.93. The van der Waals surface area contributed by atoms with Crippen molar-refractivity contribution in [1.82, 2.24) is 0 Å². The van der Waals surface area contributed by atoms with Crippen LogP contribution < -0.4 is 10.6 Å².